The molecule has 0 fully saturated rings. The molecule has 3 aromatic heterocycles. The molecule has 25 heavy (non-hydrogen) atoms. The van der Waals surface area contributed by atoms with Crippen LogP contribution in [0.1, 0.15) is 31.3 Å². The predicted molar refractivity (Wildman–Crippen MR) is 96.0 cm³/mol. The van der Waals surface area contributed by atoms with Crippen molar-refractivity contribution in [3.63, 3.8) is 0 Å². The van der Waals surface area contributed by atoms with Crippen LogP contribution in [0.4, 0.5) is 0 Å². The minimum Gasteiger partial charge on any atom is -0.340 e. The van der Waals surface area contributed by atoms with Crippen molar-refractivity contribution >= 4 is 11.0 Å². The minimum atomic E-state index is 0.721. The summed E-state index contributed by atoms with van der Waals surface area (Å²) in [6.45, 7) is 4.17. The van der Waals surface area contributed by atoms with E-state index in [1.807, 2.05) is 43.3 Å². The standard InChI is InChI=1S/C19H19N5O/c1-3-4-8-17-21-18(13-9-10-14-16(11-13)24-25-23-14)19(22-17)15-7-5-6-12(2)20-15/h5-7,9-11H,3-4,8H2,1-2H3,(H,21,22). The Kier molecular flexibility index (Phi) is 4.01. The zero-order chi connectivity index (χ0) is 17.2. The summed E-state index contributed by atoms with van der Waals surface area (Å²) < 4.78 is 4.80. The maximum absolute atomic E-state index is 4.84. The van der Waals surface area contributed by atoms with Gasteiger partial charge >= 0.3 is 0 Å². The molecule has 3 heterocycles. The first-order valence-corrected chi connectivity index (χ1v) is 8.50. The largest absolute Gasteiger partial charge is 0.340 e. The summed E-state index contributed by atoms with van der Waals surface area (Å²) in [7, 11) is 0. The summed E-state index contributed by atoms with van der Waals surface area (Å²) in [6.07, 6.45) is 3.15. The van der Waals surface area contributed by atoms with Gasteiger partial charge in [-0.1, -0.05) is 25.5 Å². The number of benzene rings is 1. The van der Waals surface area contributed by atoms with Crippen LogP contribution in [0.3, 0.4) is 0 Å². The molecule has 1 N–H and O–H groups in total. The second-order valence-electron chi connectivity index (χ2n) is 6.14. The molecule has 0 aliphatic heterocycles. The summed E-state index contributed by atoms with van der Waals surface area (Å²) in [6, 6.07) is 11.8. The number of H-pyrrole nitrogens is 1. The molecule has 0 bridgehead atoms. The van der Waals surface area contributed by atoms with Crippen LogP contribution in [-0.4, -0.2) is 25.3 Å². The van der Waals surface area contributed by atoms with Crippen LogP contribution < -0.4 is 0 Å². The Morgan fingerprint density at radius 3 is 2.76 bits per heavy atom. The van der Waals surface area contributed by atoms with Crippen molar-refractivity contribution < 1.29 is 4.63 Å². The van der Waals surface area contributed by atoms with Gasteiger partial charge in [0, 0.05) is 17.7 Å². The van der Waals surface area contributed by atoms with Crippen LogP contribution in [-0.2, 0) is 6.42 Å². The summed E-state index contributed by atoms with van der Waals surface area (Å²) in [5.74, 6) is 0.980. The average Bonchev–Trinajstić information content (AvgIpc) is 3.26. The Balaban J connectivity index is 1.85. The van der Waals surface area contributed by atoms with Crippen LogP contribution in [0.5, 0.6) is 0 Å². The molecule has 0 spiro atoms. The lowest BCUT2D eigenvalue weighted by atomic mass is 10.1. The van der Waals surface area contributed by atoms with Gasteiger partial charge in [-0.05, 0) is 47.9 Å². The van der Waals surface area contributed by atoms with E-state index in [1.54, 1.807) is 0 Å². The van der Waals surface area contributed by atoms with E-state index in [0.717, 1.165) is 64.5 Å². The summed E-state index contributed by atoms with van der Waals surface area (Å²) in [4.78, 5) is 13.0. The third-order valence-corrected chi connectivity index (χ3v) is 4.19. The minimum absolute atomic E-state index is 0.721. The Labute approximate surface area is 145 Å². The third kappa shape index (κ3) is 3.03. The lowest BCUT2D eigenvalue weighted by Gasteiger charge is -2.03. The van der Waals surface area contributed by atoms with Gasteiger partial charge < -0.3 is 4.98 Å². The molecule has 126 valence electrons. The normalized spacial score (nSPS) is 11.3. The maximum Gasteiger partial charge on any atom is 0.135 e. The molecule has 0 radical (unpaired) electrons. The van der Waals surface area contributed by atoms with E-state index >= 15 is 0 Å². The van der Waals surface area contributed by atoms with Crippen LogP contribution in [0.15, 0.2) is 41.0 Å². The number of fused-ring (bicyclic) bond motifs is 1. The first-order chi connectivity index (χ1) is 12.2. The number of aryl methyl sites for hydroxylation is 2. The van der Waals surface area contributed by atoms with Crippen LogP contribution in [0.25, 0.3) is 33.7 Å². The van der Waals surface area contributed by atoms with Crippen molar-refractivity contribution in [2.24, 2.45) is 0 Å². The van der Waals surface area contributed by atoms with E-state index in [2.05, 4.69) is 27.2 Å². The third-order valence-electron chi connectivity index (χ3n) is 4.19. The van der Waals surface area contributed by atoms with Gasteiger partial charge in [-0.2, -0.15) is 0 Å². The van der Waals surface area contributed by atoms with E-state index in [0.29, 0.717) is 0 Å². The molecule has 0 saturated heterocycles. The zero-order valence-electron chi connectivity index (χ0n) is 14.3. The smallest absolute Gasteiger partial charge is 0.135 e. The molecule has 4 aromatic rings. The van der Waals surface area contributed by atoms with Gasteiger partial charge in [0.15, 0.2) is 0 Å². The number of pyridine rings is 1. The summed E-state index contributed by atoms with van der Waals surface area (Å²) in [5.41, 5.74) is 6.12. The first kappa shape index (κ1) is 15.5. The van der Waals surface area contributed by atoms with Crippen molar-refractivity contribution in [3.05, 3.63) is 47.9 Å². The van der Waals surface area contributed by atoms with Crippen molar-refractivity contribution in [2.75, 3.05) is 0 Å². The molecular weight excluding hydrogens is 314 g/mol. The lowest BCUT2D eigenvalue weighted by Crippen LogP contribution is -1.90. The number of aromatic nitrogens is 5. The fourth-order valence-electron chi connectivity index (χ4n) is 2.89. The van der Waals surface area contributed by atoms with E-state index in [9.17, 15) is 0 Å². The molecule has 0 atom stereocenters. The molecule has 0 saturated carbocycles. The number of hydrogen-bond acceptors (Lipinski definition) is 5. The predicted octanol–water partition coefficient (Wildman–Crippen LogP) is 4.33. The lowest BCUT2D eigenvalue weighted by molar-refractivity contribution is 0.315. The average molecular weight is 333 g/mol. The SMILES string of the molecule is CCCCc1nc(-c2ccc3nonc3c2)c(-c2cccc(C)n2)[nH]1. The molecular formula is C19H19N5O. The first-order valence-electron chi connectivity index (χ1n) is 8.50. The molecule has 6 heteroatoms. The van der Waals surface area contributed by atoms with Gasteiger partial charge in [0.1, 0.15) is 16.9 Å². The molecule has 4 rings (SSSR count). The van der Waals surface area contributed by atoms with Crippen LogP contribution in [0.2, 0.25) is 0 Å². The van der Waals surface area contributed by atoms with Gasteiger partial charge in [0.05, 0.1) is 17.1 Å². The number of unbranched alkanes of at least 4 members (excludes halogenated alkanes) is 1. The van der Waals surface area contributed by atoms with E-state index in [-0.39, 0.29) is 0 Å². The van der Waals surface area contributed by atoms with Gasteiger partial charge in [0.2, 0.25) is 0 Å². The number of nitrogens with zero attached hydrogens (tertiary/aromatic N) is 4. The number of nitrogens with one attached hydrogen (secondary N) is 1. The second-order valence-corrected chi connectivity index (χ2v) is 6.14. The Morgan fingerprint density at radius 2 is 1.92 bits per heavy atom. The van der Waals surface area contributed by atoms with Crippen molar-refractivity contribution in [1.82, 2.24) is 25.3 Å². The molecule has 0 aliphatic carbocycles. The van der Waals surface area contributed by atoms with Crippen molar-refractivity contribution in [3.8, 4) is 22.6 Å². The van der Waals surface area contributed by atoms with E-state index in [4.69, 9.17) is 9.61 Å². The Bertz CT molecular complexity index is 1020. The number of aromatic amines is 1. The quantitative estimate of drug-likeness (QED) is 0.588. The summed E-state index contributed by atoms with van der Waals surface area (Å²) in [5, 5.41) is 7.80. The van der Waals surface area contributed by atoms with Gasteiger partial charge in [0.25, 0.3) is 0 Å². The van der Waals surface area contributed by atoms with E-state index < -0.39 is 0 Å². The Hall–Kier alpha value is -3.02. The maximum atomic E-state index is 4.84. The number of imidazole rings is 1. The molecule has 0 amide bonds. The Morgan fingerprint density at radius 1 is 1.04 bits per heavy atom. The highest BCUT2D eigenvalue weighted by molar-refractivity contribution is 5.84. The van der Waals surface area contributed by atoms with Crippen molar-refractivity contribution in [2.45, 2.75) is 33.1 Å². The molecule has 0 aliphatic rings. The van der Waals surface area contributed by atoms with E-state index in [1.165, 1.54) is 0 Å². The van der Waals surface area contributed by atoms with Crippen LogP contribution >= 0.6 is 0 Å². The molecule has 6 nitrogen and oxygen atoms in total. The highest BCUT2D eigenvalue weighted by atomic mass is 16.6. The zero-order valence-corrected chi connectivity index (χ0v) is 14.3. The molecule has 1 aromatic carbocycles. The fourth-order valence-corrected chi connectivity index (χ4v) is 2.89. The van der Waals surface area contributed by atoms with Crippen LogP contribution in [0, 0.1) is 6.92 Å². The highest BCUT2D eigenvalue weighted by Gasteiger charge is 2.16. The topological polar surface area (TPSA) is 80.5 Å². The van der Waals surface area contributed by atoms with Gasteiger partial charge in [-0.15, -0.1) is 0 Å². The second kappa shape index (κ2) is 6.47. The summed E-state index contributed by atoms with van der Waals surface area (Å²) >= 11 is 0. The fraction of sp³-hybridized carbons (Fsp3) is 0.263. The number of rotatable bonds is 5. The highest BCUT2D eigenvalue weighted by Crippen LogP contribution is 2.31. The monoisotopic (exact) mass is 333 g/mol. The van der Waals surface area contributed by atoms with Gasteiger partial charge in [-0.3, -0.25) is 4.98 Å². The molecule has 0 unspecified atom stereocenters. The van der Waals surface area contributed by atoms with Crippen molar-refractivity contribution in [1.29, 1.82) is 0 Å². The number of hydrogen-bond donors (Lipinski definition) is 1. The van der Waals surface area contributed by atoms with Gasteiger partial charge in [-0.25, -0.2) is 9.61 Å².